The first-order chi connectivity index (χ1) is 5.38. The van der Waals surface area contributed by atoms with E-state index in [-0.39, 0.29) is 0 Å². The Balaban J connectivity index is 2.58. The van der Waals surface area contributed by atoms with Gasteiger partial charge < -0.3 is 4.21 Å². The molecule has 1 aliphatic carbocycles. The lowest BCUT2D eigenvalue weighted by Crippen LogP contribution is -1.80. The van der Waals surface area contributed by atoms with Crippen molar-refractivity contribution in [2.45, 2.75) is 0 Å². The number of rotatable bonds is 0. The van der Waals surface area contributed by atoms with E-state index in [0.717, 1.165) is 10.5 Å². The molecule has 0 fully saturated rings. The Kier molecular flexibility index (Phi) is 1.55. The fraction of sp³-hybridized carbons (Fsp3) is 0. The monoisotopic (exact) mass is 163 g/mol. The zero-order valence-electron chi connectivity index (χ0n) is 5.86. The van der Waals surface area contributed by atoms with Gasteiger partial charge in [0.1, 0.15) is 0 Å². The lowest BCUT2D eigenvalue weighted by molar-refractivity contribution is 0.606. The highest BCUT2D eigenvalue weighted by atomic mass is 32.2. The van der Waals surface area contributed by atoms with E-state index in [1.165, 1.54) is 0 Å². The predicted molar refractivity (Wildman–Crippen MR) is 48.6 cm³/mol. The maximum absolute atomic E-state index is 11.2. The largest absolute Gasteiger partial charge is 0.457 e. The van der Waals surface area contributed by atoms with E-state index < -0.39 is 10.4 Å². The van der Waals surface area contributed by atoms with Crippen molar-refractivity contribution in [1.82, 2.24) is 0 Å². The minimum Gasteiger partial charge on any atom is -0.457 e. The van der Waals surface area contributed by atoms with Gasteiger partial charge in [0.05, 0.1) is 0 Å². The molecule has 0 radical (unpaired) electrons. The minimum atomic E-state index is -0.909. The van der Waals surface area contributed by atoms with Gasteiger partial charge >= 0.3 is 0 Å². The van der Waals surface area contributed by atoms with Crippen LogP contribution in [-0.2, 0) is 14.6 Å². The molecule has 1 heterocycles. The topological polar surface area (TPSA) is 17.1 Å². The summed E-state index contributed by atoms with van der Waals surface area (Å²) in [7, 11) is -0.909. The van der Waals surface area contributed by atoms with Crippen LogP contribution in [0.3, 0.4) is 0 Å². The Morgan fingerprint density at radius 2 is 2.00 bits per heavy atom. The van der Waals surface area contributed by atoms with E-state index in [1.54, 1.807) is 5.37 Å². The molecule has 2 heteroatoms. The van der Waals surface area contributed by atoms with Gasteiger partial charge in [0.25, 0.3) is 0 Å². The molecular weight excluding hydrogens is 156 g/mol. The van der Waals surface area contributed by atoms with E-state index in [0.29, 0.717) is 0 Å². The third-order valence-corrected chi connectivity index (χ3v) is 2.81. The summed E-state index contributed by atoms with van der Waals surface area (Å²) in [6, 6.07) is 0. The van der Waals surface area contributed by atoms with Crippen LogP contribution in [-0.4, -0.2) is 5.37 Å². The molecule has 0 saturated heterocycles. The molecule has 2 aliphatic rings. The summed E-state index contributed by atoms with van der Waals surface area (Å²) in [5.74, 6) is 0. The molecule has 0 bridgehead atoms. The van der Waals surface area contributed by atoms with Gasteiger partial charge in [0.2, 0.25) is 0 Å². The van der Waals surface area contributed by atoms with Gasteiger partial charge in [-0.15, -0.1) is 4.91 Å². The Bertz CT molecular complexity index is 374. The van der Waals surface area contributed by atoms with Crippen molar-refractivity contribution >= 4 is 15.8 Å². The average molecular weight is 163 g/mol. The average Bonchev–Trinajstić information content (AvgIpc) is 2.25. The predicted octanol–water partition coefficient (Wildman–Crippen LogP) is 1.70. The molecule has 0 amide bonds. The Morgan fingerprint density at radius 1 is 1.09 bits per heavy atom. The van der Waals surface area contributed by atoms with Crippen molar-refractivity contribution in [3.63, 3.8) is 0 Å². The van der Waals surface area contributed by atoms with E-state index in [2.05, 4.69) is 0 Å². The molecule has 11 heavy (non-hydrogen) atoms. The molecule has 0 aromatic carbocycles. The van der Waals surface area contributed by atoms with Crippen molar-refractivity contribution < 1.29 is 4.21 Å². The van der Waals surface area contributed by atoms with Crippen LogP contribution in [0.25, 0.3) is 0 Å². The summed E-state index contributed by atoms with van der Waals surface area (Å²) >= 11 is 0. The Labute approximate surface area is 67.5 Å². The molecule has 0 aromatic heterocycles. The lowest BCUT2D eigenvalue weighted by atomic mass is 10.2. The summed E-state index contributed by atoms with van der Waals surface area (Å²) in [5.41, 5.74) is 1.06. The van der Waals surface area contributed by atoms with E-state index >= 15 is 0 Å². The van der Waals surface area contributed by atoms with Gasteiger partial charge in [0.15, 0.2) is 0 Å². The lowest BCUT2D eigenvalue weighted by Gasteiger charge is -2.03. The SMILES string of the molecule is O=[S-]1=CC=C2C=CC=CC=C21. The van der Waals surface area contributed by atoms with Crippen LogP contribution in [0.15, 0.2) is 46.9 Å². The summed E-state index contributed by atoms with van der Waals surface area (Å²) in [4.78, 5) is 0.912. The molecule has 0 saturated carbocycles. The molecular formula is C9H7OS-. The second-order valence-electron chi connectivity index (χ2n) is 2.33. The number of fused-ring (bicyclic) bond motifs is 1. The molecule has 0 spiro atoms. The molecule has 0 atom stereocenters. The van der Waals surface area contributed by atoms with Crippen molar-refractivity contribution in [2.24, 2.45) is 0 Å². The Morgan fingerprint density at radius 3 is 2.91 bits per heavy atom. The maximum Gasteiger partial charge on any atom is -0.0439 e. The summed E-state index contributed by atoms with van der Waals surface area (Å²) in [6.45, 7) is 0. The number of allylic oxidation sites excluding steroid dienone is 7. The quantitative estimate of drug-likeness (QED) is 0.392. The van der Waals surface area contributed by atoms with Gasteiger partial charge in [-0.2, -0.15) is 5.37 Å². The standard InChI is InChI=1S/C9H7OS/c10-11-7-6-8-4-2-1-3-5-9(8)11/h1-7H/q-1. The van der Waals surface area contributed by atoms with Crippen molar-refractivity contribution in [3.8, 4) is 0 Å². The van der Waals surface area contributed by atoms with Gasteiger partial charge in [-0.05, 0) is 5.57 Å². The highest BCUT2D eigenvalue weighted by Crippen LogP contribution is 2.19. The summed E-state index contributed by atoms with van der Waals surface area (Å²) in [6.07, 6.45) is 11.5. The maximum atomic E-state index is 11.2. The Hall–Kier alpha value is -1.02. The molecule has 2 rings (SSSR count). The van der Waals surface area contributed by atoms with Crippen molar-refractivity contribution in [2.75, 3.05) is 0 Å². The first-order valence-corrected chi connectivity index (χ1v) is 4.60. The first kappa shape index (κ1) is 6.68. The zero-order chi connectivity index (χ0) is 7.68. The molecule has 1 aliphatic heterocycles. The summed E-state index contributed by atoms with van der Waals surface area (Å²) < 4.78 is 11.2. The van der Waals surface area contributed by atoms with Crippen LogP contribution in [0.4, 0.5) is 0 Å². The van der Waals surface area contributed by atoms with Gasteiger partial charge in [-0.1, -0.05) is 36.5 Å². The molecule has 56 valence electrons. The minimum absolute atomic E-state index is 0.909. The fourth-order valence-electron chi connectivity index (χ4n) is 1.07. The molecule has 0 aromatic rings. The fourth-order valence-corrected chi connectivity index (χ4v) is 2.07. The van der Waals surface area contributed by atoms with Crippen LogP contribution in [0.2, 0.25) is 0 Å². The van der Waals surface area contributed by atoms with Crippen LogP contribution < -0.4 is 0 Å². The van der Waals surface area contributed by atoms with Crippen LogP contribution in [0.5, 0.6) is 0 Å². The number of hydrogen-bond acceptors (Lipinski definition) is 2. The third-order valence-electron chi connectivity index (χ3n) is 1.62. The van der Waals surface area contributed by atoms with Gasteiger partial charge in [-0.3, -0.25) is 0 Å². The van der Waals surface area contributed by atoms with Crippen molar-refractivity contribution in [3.05, 3.63) is 46.9 Å². The molecule has 0 unspecified atom stereocenters. The van der Waals surface area contributed by atoms with Crippen molar-refractivity contribution in [1.29, 1.82) is 0 Å². The summed E-state index contributed by atoms with van der Waals surface area (Å²) in [5, 5.41) is 1.71. The first-order valence-electron chi connectivity index (χ1n) is 3.39. The van der Waals surface area contributed by atoms with Gasteiger partial charge in [0, 0.05) is 0 Å². The molecule has 0 N–H and O–H groups in total. The molecule has 1 nitrogen and oxygen atoms in total. The van der Waals surface area contributed by atoms with Crippen LogP contribution in [0, 0.1) is 0 Å². The van der Waals surface area contributed by atoms with E-state index in [1.807, 2.05) is 36.5 Å². The second kappa shape index (κ2) is 2.55. The van der Waals surface area contributed by atoms with E-state index in [4.69, 9.17) is 0 Å². The normalized spacial score (nSPS) is 21.8. The second-order valence-corrected chi connectivity index (χ2v) is 3.64. The highest BCUT2D eigenvalue weighted by molar-refractivity contribution is 7.88. The smallest absolute Gasteiger partial charge is 0.0439 e. The van der Waals surface area contributed by atoms with Crippen LogP contribution in [0.1, 0.15) is 0 Å². The highest BCUT2D eigenvalue weighted by Gasteiger charge is 1.97. The van der Waals surface area contributed by atoms with Crippen LogP contribution >= 0.6 is 0 Å². The third kappa shape index (κ3) is 1.10. The number of hydrogen-bond donors (Lipinski definition) is 0. The van der Waals surface area contributed by atoms with E-state index in [9.17, 15) is 4.21 Å². The zero-order valence-corrected chi connectivity index (χ0v) is 6.67. The van der Waals surface area contributed by atoms with Gasteiger partial charge in [-0.25, -0.2) is 10.4 Å².